The van der Waals surface area contributed by atoms with Crippen molar-refractivity contribution in [2.45, 2.75) is 165 Å². The Morgan fingerprint density at radius 3 is 1.32 bits per heavy atom. The number of aryl methyl sites for hydroxylation is 2. The van der Waals surface area contributed by atoms with Crippen LogP contribution < -0.4 is 0 Å². The summed E-state index contributed by atoms with van der Waals surface area (Å²) in [5.74, 6) is -2.79. The summed E-state index contributed by atoms with van der Waals surface area (Å²) in [5, 5.41) is 35.6. The molecule has 4 saturated carbocycles. The van der Waals surface area contributed by atoms with Gasteiger partial charge >= 0.3 is 31.8 Å². The van der Waals surface area contributed by atoms with Crippen molar-refractivity contribution in [3.8, 4) is 12.1 Å². The molecule has 2 N–H and O–H groups in total. The first kappa shape index (κ1) is 57.5. The van der Waals surface area contributed by atoms with E-state index in [1.165, 1.54) is 32.0 Å². The molecule has 2 unspecified atom stereocenters. The van der Waals surface area contributed by atoms with Gasteiger partial charge in [0.25, 0.3) is 0 Å². The normalized spacial score (nSPS) is 21.5. The Kier molecular flexibility index (Phi) is 19.0. The fourth-order valence-corrected chi connectivity index (χ4v) is 11.8. The standard InChI is InChI=1S/C24H24F6N2OS.C21H19BrF6N2OS.C3H7BO2/c1-13-20(34-22(32-13)16-6-8-18(9-7-16)23(25,26)27)21(24(28,29)30)33-12-14-2-3-17(11-31)19(10-14)15-4-5-15;1-11-17(32-19(30-11)13-4-6-15(7-5-13)20(23,24)25)18(21(26,27)28)31-10-12-2-3-14(9-29)16(22)8-12;5-4(6)3-1-2-3/h2-3,10,15-16,18,21H,4-9,12H2,1H3;2-3,8,13,15,18H,4-7,10H2,1H3;3,5-6H,1-2H2. The number of hydrogen-bond acceptors (Lipinski definition) is 10. The van der Waals surface area contributed by atoms with E-state index in [4.69, 9.17) is 24.8 Å². The first-order chi connectivity index (χ1) is 33.7. The SMILES string of the molecule is Cc1nc(C2CCC(C(F)(F)F)CC2)sc1C(OCc1ccc(C#N)c(Br)c1)C(F)(F)F.Cc1nc(C2CCC(C(F)(F)F)CC2)sc1C(OCc1ccc(C#N)c(C2CC2)c1)C(F)(F)F.OB(O)C1CC1. The van der Waals surface area contributed by atoms with Crippen molar-refractivity contribution in [1.82, 2.24) is 9.97 Å². The Hall–Kier alpha value is -3.78. The highest BCUT2D eigenvalue weighted by molar-refractivity contribution is 9.10. The van der Waals surface area contributed by atoms with Crippen LogP contribution in [0.4, 0.5) is 52.7 Å². The second-order valence-electron chi connectivity index (χ2n) is 18.6. The lowest BCUT2D eigenvalue weighted by Crippen LogP contribution is -2.27. The van der Waals surface area contributed by atoms with Gasteiger partial charge in [-0.3, -0.25) is 0 Å². The minimum atomic E-state index is -4.69. The molecule has 2 atom stereocenters. The highest BCUT2D eigenvalue weighted by Crippen LogP contribution is 2.49. The third-order valence-electron chi connectivity index (χ3n) is 13.1. The zero-order chi connectivity index (χ0) is 52.9. The van der Waals surface area contributed by atoms with E-state index in [0.29, 0.717) is 36.7 Å². The van der Waals surface area contributed by atoms with Crippen molar-refractivity contribution in [2.24, 2.45) is 11.8 Å². The summed E-state index contributed by atoms with van der Waals surface area (Å²) < 4.78 is 172. The molecule has 24 heteroatoms. The van der Waals surface area contributed by atoms with Crippen LogP contribution in [0.1, 0.15) is 166 Å². The smallest absolute Gasteiger partial charge is 0.427 e. The molecule has 4 aromatic rings. The van der Waals surface area contributed by atoms with E-state index < -0.39 is 55.9 Å². The van der Waals surface area contributed by atoms with Gasteiger partial charge in [-0.15, -0.1) is 22.7 Å². The summed E-state index contributed by atoms with van der Waals surface area (Å²) in [6.07, 6.45) is -17.5. The van der Waals surface area contributed by atoms with Gasteiger partial charge in [0, 0.05) is 16.3 Å². The minimum Gasteiger partial charge on any atom is -0.427 e. The topological polar surface area (TPSA) is 132 Å². The fourth-order valence-electron chi connectivity index (χ4n) is 8.70. The van der Waals surface area contributed by atoms with Crippen molar-refractivity contribution in [2.75, 3.05) is 0 Å². The van der Waals surface area contributed by atoms with Gasteiger partial charge < -0.3 is 19.5 Å². The highest BCUT2D eigenvalue weighted by Gasteiger charge is 2.48. The van der Waals surface area contributed by atoms with E-state index in [1.807, 2.05) is 6.07 Å². The number of benzene rings is 2. The molecule has 4 fully saturated rings. The van der Waals surface area contributed by atoms with Crippen molar-refractivity contribution >= 4 is 45.7 Å². The van der Waals surface area contributed by atoms with Gasteiger partial charge in [-0.25, -0.2) is 9.97 Å². The van der Waals surface area contributed by atoms with Crippen LogP contribution >= 0.6 is 38.6 Å². The molecule has 72 heavy (non-hydrogen) atoms. The summed E-state index contributed by atoms with van der Waals surface area (Å²) >= 11 is 4.95. The second-order valence-corrected chi connectivity index (χ2v) is 21.6. The van der Waals surface area contributed by atoms with Crippen LogP contribution in [-0.4, -0.2) is 51.8 Å². The van der Waals surface area contributed by atoms with Crippen molar-refractivity contribution in [3.05, 3.63) is 99.8 Å². The summed E-state index contributed by atoms with van der Waals surface area (Å²) in [6, 6.07) is 13.6. The number of alkyl halides is 12. The zero-order valence-corrected chi connectivity index (χ0v) is 42.0. The Morgan fingerprint density at radius 2 is 1.00 bits per heavy atom. The average molecular weight is 1130 g/mol. The molecule has 4 aliphatic carbocycles. The van der Waals surface area contributed by atoms with Gasteiger partial charge in [0.15, 0.2) is 12.2 Å². The molecule has 0 saturated heterocycles. The average Bonchev–Trinajstić information content (AvgIpc) is 4.25. The Bertz CT molecular complexity index is 2530. The van der Waals surface area contributed by atoms with Gasteiger partial charge in [-0.1, -0.05) is 31.0 Å². The predicted octanol–water partition coefficient (Wildman–Crippen LogP) is 15.2. The van der Waals surface area contributed by atoms with Gasteiger partial charge in [0.2, 0.25) is 0 Å². The monoisotopic (exact) mass is 1130 g/mol. The summed E-state index contributed by atoms with van der Waals surface area (Å²) in [5.41, 5.74) is 3.11. The van der Waals surface area contributed by atoms with E-state index in [2.05, 4.69) is 32.0 Å². The van der Waals surface area contributed by atoms with Crippen LogP contribution in [0.2, 0.25) is 5.82 Å². The molecule has 0 aliphatic heterocycles. The van der Waals surface area contributed by atoms with Crippen LogP contribution in [-0.2, 0) is 22.7 Å². The quantitative estimate of drug-likeness (QED) is 0.106. The maximum absolute atomic E-state index is 13.9. The zero-order valence-electron chi connectivity index (χ0n) is 38.8. The molecular formula is C48H50BBrF12N4O4S2. The molecule has 2 heterocycles. The first-order valence-corrected chi connectivity index (χ1v) is 25.6. The molecule has 0 radical (unpaired) electrons. The predicted molar refractivity (Wildman–Crippen MR) is 248 cm³/mol. The van der Waals surface area contributed by atoms with Gasteiger partial charge in [0.1, 0.15) is 6.07 Å². The van der Waals surface area contributed by atoms with Gasteiger partial charge in [0.05, 0.1) is 73.4 Å². The fraction of sp³-hybridized carbons (Fsp3) is 0.583. The maximum Gasteiger partial charge on any atom is 0.454 e. The molecule has 2 aromatic heterocycles. The number of aromatic nitrogens is 2. The number of halogens is 13. The van der Waals surface area contributed by atoms with Crippen molar-refractivity contribution in [3.63, 3.8) is 0 Å². The molecule has 0 spiro atoms. The lowest BCUT2D eigenvalue weighted by atomic mass is 9.82. The number of nitriles is 2. The molecule has 392 valence electrons. The van der Waals surface area contributed by atoms with E-state index in [-0.39, 0.29) is 109 Å². The number of hydrogen-bond donors (Lipinski definition) is 2. The first-order valence-electron chi connectivity index (χ1n) is 23.2. The number of nitrogens with zero attached hydrogens (tertiary/aromatic N) is 4. The lowest BCUT2D eigenvalue weighted by molar-refractivity contribution is -0.226. The number of rotatable bonds is 12. The Labute approximate surface area is 425 Å². The summed E-state index contributed by atoms with van der Waals surface area (Å²) in [4.78, 5) is 8.42. The molecule has 4 aliphatic rings. The number of ether oxygens (including phenoxy) is 2. The van der Waals surface area contributed by atoms with Crippen molar-refractivity contribution in [1.29, 1.82) is 10.5 Å². The molecule has 2 aromatic carbocycles. The van der Waals surface area contributed by atoms with Crippen LogP contribution in [0.5, 0.6) is 0 Å². The second kappa shape index (κ2) is 23.8. The van der Waals surface area contributed by atoms with E-state index in [9.17, 15) is 57.9 Å². The van der Waals surface area contributed by atoms with Gasteiger partial charge in [-0.2, -0.15) is 63.2 Å². The van der Waals surface area contributed by atoms with Crippen molar-refractivity contribution < 1.29 is 72.2 Å². The van der Waals surface area contributed by atoms with Crippen LogP contribution in [0, 0.1) is 48.3 Å². The molecule has 0 bridgehead atoms. The number of thiazole rings is 2. The van der Waals surface area contributed by atoms with Crippen LogP contribution in [0.3, 0.4) is 0 Å². The van der Waals surface area contributed by atoms with E-state index in [1.54, 1.807) is 18.2 Å². The third kappa shape index (κ3) is 15.6. The Balaban J connectivity index is 0.000000211. The van der Waals surface area contributed by atoms with Crippen LogP contribution in [0.15, 0.2) is 40.9 Å². The maximum atomic E-state index is 13.9. The summed E-state index contributed by atoms with van der Waals surface area (Å²) in [7, 11) is -1.04. The third-order valence-corrected chi connectivity index (χ3v) is 16.5. The Morgan fingerprint density at radius 1 is 0.611 bits per heavy atom. The minimum absolute atomic E-state index is 0.0383. The molecule has 8 rings (SSSR count). The highest BCUT2D eigenvalue weighted by atomic mass is 79.9. The molecule has 8 nitrogen and oxygen atoms in total. The van der Waals surface area contributed by atoms with Crippen LogP contribution in [0.25, 0.3) is 0 Å². The lowest BCUT2D eigenvalue weighted by Gasteiger charge is -2.28. The van der Waals surface area contributed by atoms with E-state index >= 15 is 0 Å². The van der Waals surface area contributed by atoms with Gasteiger partial charge in [-0.05, 0) is 141 Å². The molecular weight excluding hydrogens is 1080 g/mol. The summed E-state index contributed by atoms with van der Waals surface area (Å²) in [6.45, 7) is 2.32. The van der Waals surface area contributed by atoms with E-state index in [0.717, 1.165) is 53.9 Å². The largest absolute Gasteiger partial charge is 0.454 e. The molecule has 0 amide bonds.